The fraction of sp³-hybridized carbons (Fsp3) is 0.400. The molecule has 0 saturated heterocycles. The second-order valence-electron chi connectivity index (χ2n) is 5.03. The number of amides is 1. The molecule has 1 aromatic carbocycles. The molecular weight excluding hydrogens is 270 g/mol. The molecule has 6 nitrogen and oxygen atoms in total. The molecule has 21 heavy (non-hydrogen) atoms. The number of hydrogen-bond acceptors (Lipinski definition) is 3. The number of aliphatic carboxylic acids is 1. The molecule has 1 aromatic heterocycles. The highest BCUT2D eigenvalue weighted by atomic mass is 16.4. The summed E-state index contributed by atoms with van der Waals surface area (Å²) in [4.78, 5) is 24.7. The molecule has 0 spiro atoms. The van der Waals surface area contributed by atoms with Crippen LogP contribution in [-0.4, -0.2) is 44.3 Å². The molecule has 0 saturated carbocycles. The van der Waals surface area contributed by atoms with Gasteiger partial charge in [-0.3, -0.25) is 14.3 Å². The standard InChI is InChI=1S/C15H19N3O3/c1-3-11(2)17(10-15(20)21)14(19)9-18-13-7-5-4-6-12(13)8-16-18/h4-8,11H,3,9-10H2,1-2H3,(H,20,21). The molecule has 0 fully saturated rings. The van der Waals surface area contributed by atoms with Crippen molar-refractivity contribution in [2.75, 3.05) is 6.54 Å². The first-order valence-electron chi connectivity index (χ1n) is 6.94. The van der Waals surface area contributed by atoms with Gasteiger partial charge in [0.1, 0.15) is 13.1 Å². The van der Waals surface area contributed by atoms with Crippen molar-refractivity contribution in [1.29, 1.82) is 0 Å². The van der Waals surface area contributed by atoms with E-state index < -0.39 is 5.97 Å². The van der Waals surface area contributed by atoms with Gasteiger partial charge in [0.25, 0.3) is 0 Å². The Bertz CT molecular complexity index is 650. The summed E-state index contributed by atoms with van der Waals surface area (Å²) in [5, 5.41) is 14.1. The van der Waals surface area contributed by atoms with E-state index >= 15 is 0 Å². The van der Waals surface area contributed by atoms with Crippen LogP contribution in [0, 0.1) is 0 Å². The Morgan fingerprint density at radius 2 is 2.10 bits per heavy atom. The monoisotopic (exact) mass is 289 g/mol. The first kappa shape index (κ1) is 15.0. The molecule has 0 bridgehead atoms. The second kappa shape index (κ2) is 6.39. The van der Waals surface area contributed by atoms with Crippen molar-refractivity contribution in [2.45, 2.75) is 32.9 Å². The summed E-state index contributed by atoms with van der Waals surface area (Å²) in [7, 11) is 0. The fourth-order valence-electron chi connectivity index (χ4n) is 2.23. The summed E-state index contributed by atoms with van der Waals surface area (Å²) in [6.45, 7) is 3.54. The zero-order valence-electron chi connectivity index (χ0n) is 12.2. The Morgan fingerprint density at radius 1 is 1.38 bits per heavy atom. The summed E-state index contributed by atoms with van der Waals surface area (Å²) in [6, 6.07) is 7.49. The van der Waals surface area contributed by atoms with Gasteiger partial charge in [0, 0.05) is 11.4 Å². The number of carboxylic acid groups (broad SMARTS) is 1. The molecule has 6 heteroatoms. The molecule has 2 rings (SSSR count). The maximum absolute atomic E-state index is 12.4. The minimum absolute atomic E-state index is 0.0468. The van der Waals surface area contributed by atoms with Gasteiger partial charge < -0.3 is 10.0 Å². The van der Waals surface area contributed by atoms with Crippen LogP contribution in [-0.2, 0) is 16.1 Å². The van der Waals surface area contributed by atoms with Crippen LogP contribution in [0.2, 0.25) is 0 Å². The normalized spacial score (nSPS) is 12.3. The number of carboxylic acids is 1. The molecule has 1 atom stereocenters. The van der Waals surface area contributed by atoms with Gasteiger partial charge in [-0.1, -0.05) is 25.1 Å². The van der Waals surface area contributed by atoms with Gasteiger partial charge >= 0.3 is 5.97 Å². The van der Waals surface area contributed by atoms with Gasteiger partial charge in [-0.15, -0.1) is 0 Å². The van der Waals surface area contributed by atoms with Gasteiger partial charge in [0.15, 0.2) is 0 Å². The number of carbonyl (C=O) groups is 2. The zero-order chi connectivity index (χ0) is 15.4. The second-order valence-corrected chi connectivity index (χ2v) is 5.03. The Hall–Kier alpha value is -2.37. The Labute approximate surface area is 123 Å². The number of carbonyl (C=O) groups excluding carboxylic acids is 1. The van der Waals surface area contributed by atoms with Crippen LogP contribution in [0.3, 0.4) is 0 Å². The van der Waals surface area contributed by atoms with Crippen molar-refractivity contribution >= 4 is 22.8 Å². The molecule has 112 valence electrons. The lowest BCUT2D eigenvalue weighted by atomic mass is 10.2. The number of hydrogen-bond donors (Lipinski definition) is 1. The van der Waals surface area contributed by atoms with Crippen LogP contribution in [0.25, 0.3) is 10.9 Å². The fourth-order valence-corrected chi connectivity index (χ4v) is 2.23. The van der Waals surface area contributed by atoms with E-state index in [9.17, 15) is 9.59 Å². The van der Waals surface area contributed by atoms with Gasteiger partial charge in [-0.05, 0) is 19.4 Å². The average Bonchev–Trinajstić information content (AvgIpc) is 2.87. The molecule has 1 N–H and O–H groups in total. The zero-order valence-corrected chi connectivity index (χ0v) is 12.2. The summed E-state index contributed by atoms with van der Waals surface area (Å²) in [6.07, 6.45) is 2.41. The Morgan fingerprint density at radius 3 is 2.76 bits per heavy atom. The predicted molar refractivity (Wildman–Crippen MR) is 78.8 cm³/mol. The topological polar surface area (TPSA) is 75.4 Å². The number of nitrogens with zero attached hydrogens (tertiary/aromatic N) is 3. The van der Waals surface area contributed by atoms with Crippen LogP contribution in [0.15, 0.2) is 30.5 Å². The van der Waals surface area contributed by atoms with Gasteiger partial charge in [0.05, 0.1) is 11.7 Å². The highest BCUT2D eigenvalue weighted by molar-refractivity contribution is 5.84. The van der Waals surface area contributed by atoms with E-state index in [0.29, 0.717) is 6.42 Å². The molecular formula is C15H19N3O3. The molecule has 1 heterocycles. The lowest BCUT2D eigenvalue weighted by Crippen LogP contribution is -2.43. The highest BCUT2D eigenvalue weighted by Crippen LogP contribution is 2.13. The van der Waals surface area contributed by atoms with E-state index in [-0.39, 0.29) is 25.0 Å². The van der Waals surface area contributed by atoms with Gasteiger partial charge in [-0.2, -0.15) is 5.10 Å². The summed E-state index contributed by atoms with van der Waals surface area (Å²) < 4.78 is 1.61. The van der Waals surface area contributed by atoms with Crippen molar-refractivity contribution in [3.63, 3.8) is 0 Å². The number of benzene rings is 1. The first-order valence-corrected chi connectivity index (χ1v) is 6.94. The van der Waals surface area contributed by atoms with E-state index in [1.165, 1.54) is 4.90 Å². The third-order valence-electron chi connectivity index (χ3n) is 3.58. The molecule has 0 aliphatic carbocycles. The SMILES string of the molecule is CCC(C)N(CC(=O)O)C(=O)Cn1ncc2ccccc21. The lowest BCUT2D eigenvalue weighted by molar-refractivity contribution is -0.146. The van der Waals surface area contributed by atoms with E-state index in [0.717, 1.165) is 10.9 Å². The van der Waals surface area contributed by atoms with Crippen LogP contribution in [0.5, 0.6) is 0 Å². The third-order valence-corrected chi connectivity index (χ3v) is 3.58. The van der Waals surface area contributed by atoms with E-state index in [4.69, 9.17) is 5.11 Å². The molecule has 0 radical (unpaired) electrons. The Kier molecular flexibility index (Phi) is 4.57. The Balaban J connectivity index is 2.19. The number of rotatable bonds is 6. The minimum Gasteiger partial charge on any atom is -0.480 e. The largest absolute Gasteiger partial charge is 0.480 e. The maximum atomic E-state index is 12.4. The molecule has 0 aliphatic rings. The number of para-hydroxylation sites is 1. The van der Waals surface area contributed by atoms with Crippen LogP contribution < -0.4 is 0 Å². The van der Waals surface area contributed by atoms with Crippen molar-refractivity contribution in [3.05, 3.63) is 30.5 Å². The van der Waals surface area contributed by atoms with Gasteiger partial charge in [0.2, 0.25) is 5.91 Å². The lowest BCUT2D eigenvalue weighted by Gasteiger charge is -2.27. The summed E-state index contributed by atoms with van der Waals surface area (Å²) in [5.74, 6) is -1.24. The van der Waals surface area contributed by atoms with Crippen LogP contribution in [0.4, 0.5) is 0 Å². The van der Waals surface area contributed by atoms with E-state index in [1.807, 2.05) is 38.1 Å². The quantitative estimate of drug-likeness (QED) is 0.879. The number of aromatic nitrogens is 2. The minimum atomic E-state index is -1.01. The molecule has 1 amide bonds. The first-order chi connectivity index (χ1) is 10.0. The summed E-state index contributed by atoms with van der Waals surface area (Å²) >= 11 is 0. The highest BCUT2D eigenvalue weighted by Gasteiger charge is 2.22. The van der Waals surface area contributed by atoms with Crippen molar-refractivity contribution in [2.24, 2.45) is 0 Å². The number of fused-ring (bicyclic) bond motifs is 1. The third kappa shape index (κ3) is 3.39. The van der Waals surface area contributed by atoms with E-state index in [1.54, 1.807) is 10.9 Å². The van der Waals surface area contributed by atoms with Gasteiger partial charge in [-0.25, -0.2) is 0 Å². The molecule has 0 aliphatic heterocycles. The van der Waals surface area contributed by atoms with Crippen molar-refractivity contribution in [1.82, 2.24) is 14.7 Å². The van der Waals surface area contributed by atoms with E-state index in [2.05, 4.69) is 5.10 Å². The molecule has 2 aromatic rings. The van der Waals surface area contributed by atoms with Crippen molar-refractivity contribution in [3.8, 4) is 0 Å². The summed E-state index contributed by atoms with van der Waals surface area (Å²) in [5.41, 5.74) is 0.866. The predicted octanol–water partition coefficient (Wildman–Crippen LogP) is 1.75. The molecule has 1 unspecified atom stereocenters. The van der Waals surface area contributed by atoms with Crippen LogP contribution >= 0.6 is 0 Å². The van der Waals surface area contributed by atoms with Crippen LogP contribution in [0.1, 0.15) is 20.3 Å². The average molecular weight is 289 g/mol. The smallest absolute Gasteiger partial charge is 0.323 e. The van der Waals surface area contributed by atoms with Crippen molar-refractivity contribution < 1.29 is 14.7 Å². The maximum Gasteiger partial charge on any atom is 0.323 e.